The van der Waals surface area contributed by atoms with Gasteiger partial charge in [0.1, 0.15) is 0 Å². The molecule has 0 spiro atoms. The van der Waals surface area contributed by atoms with Crippen LogP contribution in [-0.4, -0.2) is 25.5 Å². The first kappa shape index (κ1) is 17.3. The maximum absolute atomic E-state index is 11.8. The van der Waals surface area contributed by atoms with Gasteiger partial charge in [0.15, 0.2) is 0 Å². The van der Waals surface area contributed by atoms with Crippen LogP contribution in [0.2, 0.25) is 0 Å². The van der Waals surface area contributed by atoms with Gasteiger partial charge in [-0.15, -0.1) is 0 Å². The van der Waals surface area contributed by atoms with Crippen LogP contribution in [0.15, 0.2) is 60.7 Å². The van der Waals surface area contributed by atoms with Crippen molar-refractivity contribution in [3.8, 4) is 0 Å². The van der Waals surface area contributed by atoms with E-state index in [1.54, 1.807) is 19.2 Å². The predicted molar refractivity (Wildman–Crippen MR) is 96.7 cm³/mol. The average Bonchev–Trinajstić information content (AvgIpc) is 2.61. The summed E-state index contributed by atoms with van der Waals surface area (Å²) in [6.07, 6.45) is 4.17. The highest BCUT2D eigenvalue weighted by molar-refractivity contribution is 5.89. The zero-order chi connectivity index (χ0) is 17.2. The smallest absolute Gasteiger partial charge is 0.319 e. The van der Waals surface area contributed by atoms with Crippen LogP contribution >= 0.6 is 0 Å². The van der Waals surface area contributed by atoms with E-state index in [0.717, 1.165) is 11.1 Å². The van der Waals surface area contributed by atoms with E-state index in [4.69, 9.17) is 0 Å². The third-order valence-electron chi connectivity index (χ3n) is 3.35. The van der Waals surface area contributed by atoms with Gasteiger partial charge in [-0.3, -0.25) is 4.79 Å². The molecular weight excluding hydrogens is 302 g/mol. The van der Waals surface area contributed by atoms with Crippen molar-refractivity contribution in [3.63, 3.8) is 0 Å². The van der Waals surface area contributed by atoms with Crippen molar-refractivity contribution in [2.24, 2.45) is 0 Å². The van der Waals surface area contributed by atoms with Crippen LogP contribution in [0.3, 0.4) is 0 Å². The Morgan fingerprint density at radius 2 is 1.71 bits per heavy atom. The Balaban J connectivity index is 1.76. The number of nitrogens with one attached hydrogen (secondary N) is 3. The number of hydrogen-bond donors (Lipinski definition) is 3. The number of carbonyl (C=O) groups excluding carboxylic acids is 2. The molecule has 2 aromatic rings. The lowest BCUT2D eigenvalue weighted by Crippen LogP contribution is -2.28. The molecule has 0 aliphatic rings. The number of likely N-dealkylation sites (N-methyl/N-ethyl adjacent to an activating group) is 1. The molecule has 0 aromatic heterocycles. The third-order valence-corrected chi connectivity index (χ3v) is 3.35. The minimum Gasteiger partial charge on any atom is -0.359 e. The summed E-state index contributed by atoms with van der Waals surface area (Å²) >= 11 is 0. The molecule has 0 fully saturated rings. The fourth-order valence-corrected chi connectivity index (χ4v) is 2.07. The fourth-order valence-electron chi connectivity index (χ4n) is 2.07. The van der Waals surface area contributed by atoms with E-state index in [1.807, 2.05) is 54.6 Å². The summed E-state index contributed by atoms with van der Waals surface area (Å²) in [5, 5.41) is 8.08. The van der Waals surface area contributed by atoms with E-state index < -0.39 is 0 Å². The first-order valence-electron chi connectivity index (χ1n) is 7.73. The first-order chi connectivity index (χ1) is 11.7. The number of benzene rings is 2. The lowest BCUT2D eigenvalue weighted by molar-refractivity contribution is -0.119. The van der Waals surface area contributed by atoms with Gasteiger partial charge in [0.25, 0.3) is 0 Å². The Bertz CT molecular complexity index is 694. The van der Waals surface area contributed by atoms with E-state index in [9.17, 15) is 9.59 Å². The van der Waals surface area contributed by atoms with E-state index in [-0.39, 0.29) is 11.9 Å². The molecule has 0 heterocycles. The highest BCUT2D eigenvalue weighted by Gasteiger charge is 2.03. The molecule has 0 unspecified atom stereocenters. The molecule has 0 atom stereocenters. The maximum atomic E-state index is 11.8. The Labute approximate surface area is 141 Å². The number of amides is 3. The summed E-state index contributed by atoms with van der Waals surface area (Å²) in [4.78, 5) is 23.1. The third kappa shape index (κ3) is 5.96. The van der Waals surface area contributed by atoms with E-state index >= 15 is 0 Å². The number of carbonyl (C=O) groups is 2. The maximum Gasteiger partial charge on any atom is 0.319 e. The number of rotatable bonds is 6. The molecule has 5 nitrogen and oxygen atoms in total. The van der Waals surface area contributed by atoms with E-state index in [0.29, 0.717) is 18.7 Å². The van der Waals surface area contributed by atoms with Crippen LogP contribution in [0.4, 0.5) is 10.5 Å². The topological polar surface area (TPSA) is 70.2 Å². The highest BCUT2D eigenvalue weighted by Crippen LogP contribution is 2.10. The van der Waals surface area contributed by atoms with Crippen molar-refractivity contribution < 1.29 is 9.59 Å². The number of anilines is 1. The number of hydrogen-bond acceptors (Lipinski definition) is 2. The Kier molecular flexibility index (Phi) is 6.58. The van der Waals surface area contributed by atoms with Crippen LogP contribution < -0.4 is 16.0 Å². The summed E-state index contributed by atoms with van der Waals surface area (Å²) < 4.78 is 0. The van der Waals surface area contributed by atoms with Crippen LogP contribution in [0, 0.1) is 0 Å². The summed E-state index contributed by atoms with van der Waals surface area (Å²) in [7, 11) is 1.61. The minimum absolute atomic E-state index is 0.0429. The average molecular weight is 323 g/mol. The second-order valence-corrected chi connectivity index (χ2v) is 5.19. The molecule has 2 aromatic carbocycles. The quantitative estimate of drug-likeness (QED) is 0.765. The fraction of sp³-hybridized carbons (Fsp3) is 0.158. The molecule has 0 saturated heterocycles. The molecule has 5 heteroatoms. The van der Waals surface area contributed by atoms with Gasteiger partial charge >= 0.3 is 6.03 Å². The van der Waals surface area contributed by atoms with Crippen molar-refractivity contribution in [3.05, 3.63) is 71.8 Å². The highest BCUT2D eigenvalue weighted by atomic mass is 16.2. The molecule has 0 aliphatic heterocycles. The summed E-state index contributed by atoms with van der Waals surface area (Å²) in [6.45, 7) is 0.440. The molecule has 24 heavy (non-hydrogen) atoms. The molecule has 124 valence electrons. The van der Waals surface area contributed by atoms with Gasteiger partial charge in [-0.25, -0.2) is 4.79 Å². The van der Waals surface area contributed by atoms with E-state index in [1.165, 1.54) is 0 Å². The molecule has 0 aliphatic carbocycles. The van der Waals surface area contributed by atoms with Gasteiger partial charge in [-0.1, -0.05) is 54.6 Å². The lowest BCUT2D eigenvalue weighted by Gasteiger charge is -2.07. The normalized spacial score (nSPS) is 10.4. The van der Waals surface area contributed by atoms with Crippen molar-refractivity contribution in [2.75, 3.05) is 18.9 Å². The monoisotopic (exact) mass is 323 g/mol. The van der Waals surface area contributed by atoms with Gasteiger partial charge in [0.2, 0.25) is 5.91 Å². The van der Waals surface area contributed by atoms with Gasteiger partial charge in [-0.05, 0) is 23.3 Å². The number of urea groups is 1. The molecule has 0 radical (unpaired) electrons. The van der Waals surface area contributed by atoms with Crippen molar-refractivity contribution in [1.29, 1.82) is 0 Å². The van der Waals surface area contributed by atoms with Gasteiger partial charge in [0, 0.05) is 19.3 Å². The van der Waals surface area contributed by atoms with Gasteiger partial charge in [0.05, 0.1) is 6.42 Å². The Hall–Kier alpha value is -3.08. The SMILES string of the molecule is CNC(=O)Cc1ccc(NC(=O)NC/C=C/c2ccccc2)cc1. The summed E-state index contributed by atoms with van der Waals surface area (Å²) in [5.41, 5.74) is 2.66. The van der Waals surface area contributed by atoms with Crippen LogP contribution in [0.5, 0.6) is 0 Å². The molecule has 0 bridgehead atoms. The second-order valence-electron chi connectivity index (χ2n) is 5.19. The van der Waals surface area contributed by atoms with Gasteiger partial charge in [-0.2, -0.15) is 0 Å². The summed E-state index contributed by atoms with van der Waals surface area (Å²) in [6, 6.07) is 16.8. The van der Waals surface area contributed by atoms with Gasteiger partial charge < -0.3 is 16.0 Å². The van der Waals surface area contributed by atoms with Crippen molar-refractivity contribution >= 4 is 23.7 Å². The van der Waals surface area contributed by atoms with Crippen molar-refractivity contribution in [1.82, 2.24) is 10.6 Å². The van der Waals surface area contributed by atoms with E-state index in [2.05, 4.69) is 16.0 Å². The zero-order valence-corrected chi connectivity index (χ0v) is 13.6. The van der Waals surface area contributed by atoms with Crippen LogP contribution in [0.25, 0.3) is 6.08 Å². The largest absolute Gasteiger partial charge is 0.359 e. The molecule has 0 saturated carbocycles. The lowest BCUT2D eigenvalue weighted by atomic mass is 10.1. The predicted octanol–water partition coefficient (Wildman–Crippen LogP) is 2.81. The first-order valence-corrected chi connectivity index (χ1v) is 7.73. The summed E-state index contributed by atoms with van der Waals surface area (Å²) in [5.74, 6) is -0.0429. The standard InChI is InChI=1S/C19H21N3O2/c1-20-18(23)14-16-9-11-17(12-10-16)22-19(24)21-13-5-8-15-6-3-2-4-7-15/h2-12H,13-14H2,1H3,(H,20,23)(H2,21,22,24)/b8-5+. The zero-order valence-electron chi connectivity index (χ0n) is 13.6. The second kappa shape index (κ2) is 9.15. The minimum atomic E-state index is -0.272. The molecular formula is C19H21N3O2. The molecule has 3 N–H and O–H groups in total. The molecule has 2 rings (SSSR count). The van der Waals surface area contributed by atoms with Crippen LogP contribution in [-0.2, 0) is 11.2 Å². The molecule has 3 amide bonds. The van der Waals surface area contributed by atoms with Crippen LogP contribution in [0.1, 0.15) is 11.1 Å². The Morgan fingerprint density at radius 1 is 1.00 bits per heavy atom. The Morgan fingerprint density at radius 3 is 2.38 bits per heavy atom. The van der Waals surface area contributed by atoms with Crippen molar-refractivity contribution in [2.45, 2.75) is 6.42 Å².